The van der Waals surface area contributed by atoms with Crippen LogP contribution in [-0.2, 0) is 9.53 Å². The number of rotatable bonds is 5. The smallest absolute Gasteiger partial charge is 0.253 e. The Labute approximate surface area is 191 Å². The van der Waals surface area contributed by atoms with E-state index >= 15 is 0 Å². The standard InChI is InChI=1S/C24H27N5O2S/c30-23(20-15-25-11-14-31-20)29-12-9-17(10-13-29)19-7-4-8-22(27-19)28-24-26-16-21(32-24)18-5-2-1-3-6-18/h1-8,16-17,20,25H,9-15H2,(H,26,27,28). The number of hydrogen-bond acceptors (Lipinski definition) is 7. The minimum absolute atomic E-state index is 0.108. The highest BCUT2D eigenvalue weighted by Gasteiger charge is 2.30. The summed E-state index contributed by atoms with van der Waals surface area (Å²) < 4.78 is 5.63. The van der Waals surface area contributed by atoms with Crippen LogP contribution in [-0.4, -0.2) is 59.7 Å². The summed E-state index contributed by atoms with van der Waals surface area (Å²) in [6.45, 7) is 3.51. The lowest BCUT2D eigenvalue weighted by Crippen LogP contribution is -2.51. The third-order valence-corrected chi connectivity index (χ3v) is 6.96. The SMILES string of the molecule is O=C(C1CNCCO1)N1CCC(c2cccc(Nc3ncc(-c4ccccc4)s3)n2)CC1. The number of nitrogens with one attached hydrogen (secondary N) is 2. The maximum atomic E-state index is 12.7. The number of ether oxygens (including phenoxy) is 1. The summed E-state index contributed by atoms with van der Waals surface area (Å²) in [6, 6.07) is 16.3. The van der Waals surface area contributed by atoms with Crippen LogP contribution >= 0.6 is 11.3 Å². The average Bonchev–Trinajstić information content (AvgIpc) is 3.33. The van der Waals surface area contributed by atoms with Crippen molar-refractivity contribution in [3.8, 4) is 10.4 Å². The summed E-state index contributed by atoms with van der Waals surface area (Å²) in [7, 11) is 0. The number of thiazole rings is 1. The zero-order chi connectivity index (χ0) is 21.8. The maximum Gasteiger partial charge on any atom is 0.253 e. The van der Waals surface area contributed by atoms with Crippen LogP contribution in [0.5, 0.6) is 0 Å². The third kappa shape index (κ3) is 4.82. The van der Waals surface area contributed by atoms with Crippen molar-refractivity contribution in [3.63, 3.8) is 0 Å². The molecule has 0 bridgehead atoms. The van der Waals surface area contributed by atoms with Gasteiger partial charge in [0.05, 0.1) is 11.5 Å². The van der Waals surface area contributed by atoms with Crippen molar-refractivity contribution >= 4 is 28.2 Å². The monoisotopic (exact) mass is 449 g/mol. The summed E-state index contributed by atoms with van der Waals surface area (Å²) in [5, 5.41) is 7.41. The molecule has 4 heterocycles. The van der Waals surface area contributed by atoms with E-state index in [1.165, 1.54) is 0 Å². The number of benzene rings is 1. The summed E-state index contributed by atoms with van der Waals surface area (Å²) in [6.07, 6.45) is 3.38. The number of carbonyl (C=O) groups excluding carboxylic acids is 1. The molecule has 1 unspecified atom stereocenters. The number of amides is 1. The van der Waals surface area contributed by atoms with E-state index in [0.717, 1.165) is 59.6 Å². The summed E-state index contributed by atoms with van der Waals surface area (Å²) in [5.41, 5.74) is 2.23. The molecule has 1 aromatic carbocycles. The Morgan fingerprint density at radius 3 is 2.75 bits per heavy atom. The Kier molecular flexibility index (Phi) is 6.43. The van der Waals surface area contributed by atoms with Gasteiger partial charge < -0.3 is 20.3 Å². The lowest BCUT2D eigenvalue weighted by Gasteiger charge is -2.35. The lowest BCUT2D eigenvalue weighted by molar-refractivity contribution is -0.146. The molecule has 0 spiro atoms. The van der Waals surface area contributed by atoms with Gasteiger partial charge in [-0.1, -0.05) is 47.7 Å². The number of likely N-dealkylation sites (tertiary alicyclic amines) is 1. The Balaban J connectivity index is 1.20. The highest BCUT2D eigenvalue weighted by molar-refractivity contribution is 7.18. The van der Waals surface area contributed by atoms with E-state index in [4.69, 9.17) is 9.72 Å². The van der Waals surface area contributed by atoms with E-state index < -0.39 is 0 Å². The predicted molar refractivity (Wildman–Crippen MR) is 126 cm³/mol. The number of hydrogen-bond donors (Lipinski definition) is 2. The molecular weight excluding hydrogens is 422 g/mol. The third-order valence-electron chi connectivity index (χ3n) is 6.00. The summed E-state index contributed by atoms with van der Waals surface area (Å²) in [5.74, 6) is 1.26. The number of carbonyl (C=O) groups is 1. The van der Waals surface area contributed by atoms with Gasteiger partial charge in [0.25, 0.3) is 5.91 Å². The molecule has 32 heavy (non-hydrogen) atoms. The van der Waals surface area contributed by atoms with Crippen molar-refractivity contribution in [2.24, 2.45) is 0 Å². The summed E-state index contributed by atoms with van der Waals surface area (Å²) >= 11 is 1.62. The largest absolute Gasteiger partial charge is 0.366 e. The van der Waals surface area contributed by atoms with Crippen LogP contribution in [0.2, 0.25) is 0 Å². The van der Waals surface area contributed by atoms with E-state index in [-0.39, 0.29) is 12.0 Å². The zero-order valence-electron chi connectivity index (χ0n) is 17.9. The molecule has 2 aliphatic heterocycles. The molecule has 5 rings (SSSR count). The highest BCUT2D eigenvalue weighted by Crippen LogP contribution is 2.31. The Morgan fingerprint density at radius 2 is 1.97 bits per heavy atom. The van der Waals surface area contributed by atoms with Crippen molar-refractivity contribution in [1.82, 2.24) is 20.2 Å². The van der Waals surface area contributed by atoms with Crippen LogP contribution < -0.4 is 10.6 Å². The number of aromatic nitrogens is 2. The summed E-state index contributed by atoms with van der Waals surface area (Å²) in [4.78, 5) is 25.1. The van der Waals surface area contributed by atoms with Crippen LogP contribution in [0.3, 0.4) is 0 Å². The van der Waals surface area contributed by atoms with Gasteiger partial charge >= 0.3 is 0 Å². The molecular formula is C24H27N5O2S. The highest BCUT2D eigenvalue weighted by atomic mass is 32.1. The maximum absolute atomic E-state index is 12.7. The van der Waals surface area contributed by atoms with E-state index in [0.29, 0.717) is 19.1 Å². The molecule has 3 aromatic rings. The van der Waals surface area contributed by atoms with Gasteiger partial charge in [-0.2, -0.15) is 0 Å². The Morgan fingerprint density at radius 1 is 1.12 bits per heavy atom. The fraction of sp³-hybridized carbons (Fsp3) is 0.375. The van der Waals surface area contributed by atoms with Crippen molar-refractivity contribution in [2.45, 2.75) is 24.9 Å². The molecule has 0 aliphatic carbocycles. The average molecular weight is 450 g/mol. The fourth-order valence-electron chi connectivity index (χ4n) is 4.25. The first-order valence-corrected chi connectivity index (χ1v) is 11.9. The number of anilines is 2. The van der Waals surface area contributed by atoms with E-state index in [1.807, 2.05) is 41.4 Å². The minimum atomic E-state index is -0.343. The normalized spacial score (nSPS) is 19.6. The Hall–Kier alpha value is -2.81. The van der Waals surface area contributed by atoms with Gasteiger partial charge in [0.15, 0.2) is 5.13 Å². The van der Waals surface area contributed by atoms with E-state index in [9.17, 15) is 4.79 Å². The molecule has 2 aromatic heterocycles. The van der Waals surface area contributed by atoms with Crippen LogP contribution in [0.25, 0.3) is 10.4 Å². The first-order valence-electron chi connectivity index (χ1n) is 11.1. The number of piperidine rings is 1. The van der Waals surface area contributed by atoms with Gasteiger partial charge in [-0.05, 0) is 30.5 Å². The molecule has 2 saturated heterocycles. The molecule has 8 heteroatoms. The first-order chi connectivity index (χ1) is 15.8. The topological polar surface area (TPSA) is 79.4 Å². The molecule has 0 saturated carbocycles. The van der Waals surface area contributed by atoms with Gasteiger partial charge in [-0.3, -0.25) is 4.79 Å². The fourth-order valence-corrected chi connectivity index (χ4v) is 5.08. The van der Waals surface area contributed by atoms with E-state index in [1.54, 1.807) is 11.3 Å². The van der Waals surface area contributed by atoms with Crippen LogP contribution in [0.1, 0.15) is 24.5 Å². The molecule has 0 radical (unpaired) electrons. The molecule has 2 fully saturated rings. The second-order valence-electron chi connectivity index (χ2n) is 8.13. The zero-order valence-corrected chi connectivity index (χ0v) is 18.7. The van der Waals surface area contributed by atoms with E-state index in [2.05, 4.69) is 33.8 Å². The lowest BCUT2D eigenvalue weighted by atomic mass is 9.92. The van der Waals surface area contributed by atoms with Crippen LogP contribution in [0.4, 0.5) is 10.9 Å². The van der Waals surface area contributed by atoms with Gasteiger partial charge in [0.2, 0.25) is 0 Å². The van der Waals surface area contributed by atoms with Crippen LogP contribution in [0, 0.1) is 0 Å². The van der Waals surface area contributed by atoms with Crippen molar-refractivity contribution in [3.05, 3.63) is 60.4 Å². The molecule has 1 amide bonds. The van der Waals surface area contributed by atoms with Gasteiger partial charge in [-0.15, -0.1) is 0 Å². The molecule has 166 valence electrons. The van der Waals surface area contributed by atoms with Crippen LogP contribution in [0.15, 0.2) is 54.7 Å². The number of nitrogens with zero attached hydrogens (tertiary/aromatic N) is 3. The predicted octanol–water partition coefficient (Wildman–Crippen LogP) is 3.64. The van der Waals surface area contributed by atoms with Gasteiger partial charge in [0, 0.05) is 44.0 Å². The second-order valence-corrected chi connectivity index (χ2v) is 9.16. The van der Waals surface area contributed by atoms with Crippen molar-refractivity contribution in [1.29, 1.82) is 0 Å². The van der Waals surface area contributed by atoms with Gasteiger partial charge in [-0.25, -0.2) is 9.97 Å². The number of pyridine rings is 1. The molecule has 7 nitrogen and oxygen atoms in total. The quantitative estimate of drug-likeness (QED) is 0.619. The first kappa shape index (κ1) is 21.1. The van der Waals surface area contributed by atoms with Crippen molar-refractivity contribution in [2.75, 3.05) is 38.1 Å². The molecule has 2 N–H and O–H groups in total. The Bertz CT molecular complexity index is 1040. The number of morpholine rings is 1. The minimum Gasteiger partial charge on any atom is -0.366 e. The molecule has 2 aliphatic rings. The van der Waals surface area contributed by atoms with Gasteiger partial charge in [0.1, 0.15) is 11.9 Å². The second kappa shape index (κ2) is 9.77. The van der Waals surface area contributed by atoms with Crippen molar-refractivity contribution < 1.29 is 9.53 Å². The molecule has 1 atom stereocenters.